The molecule has 0 radical (unpaired) electrons. The average Bonchev–Trinajstić information content (AvgIpc) is 4.04. The maximum absolute atomic E-state index is 9.55. The summed E-state index contributed by atoms with van der Waals surface area (Å²) < 4.78 is 76.1. The van der Waals surface area contributed by atoms with Crippen LogP contribution in [0, 0.1) is 0 Å². The predicted octanol–water partition coefficient (Wildman–Crippen LogP) is 14.4. The minimum Gasteiger partial charge on any atom is -0.456 e. The normalized spacial score (nSPS) is 13.6. The zero-order valence-electron chi connectivity index (χ0n) is 36.8. The fourth-order valence-corrected chi connectivity index (χ4v) is 8.96. The molecule has 0 saturated heterocycles. The number of aromatic nitrogens is 3. The second-order valence-electron chi connectivity index (χ2n) is 13.8. The maximum atomic E-state index is 9.55. The van der Waals surface area contributed by atoms with E-state index in [1.54, 1.807) is 11.3 Å². The second-order valence-corrected chi connectivity index (χ2v) is 14.8. The molecule has 0 bridgehead atoms. The van der Waals surface area contributed by atoms with Crippen LogP contribution in [0.4, 0.5) is 0 Å². The van der Waals surface area contributed by atoms with Crippen LogP contribution in [0.2, 0.25) is 0 Å². The van der Waals surface area contributed by atoms with Gasteiger partial charge in [0, 0.05) is 64.0 Å². The van der Waals surface area contributed by atoms with Crippen molar-refractivity contribution in [2.24, 2.45) is 0 Å². The summed E-state index contributed by atoms with van der Waals surface area (Å²) in [5.41, 5.74) is 5.80. The molecule has 12 rings (SSSR count). The van der Waals surface area contributed by atoms with Crippen molar-refractivity contribution in [1.82, 2.24) is 15.0 Å². The Morgan fingerprint density at radius 3 is 1.96 bits per heavy atom. The number of para-hydroxylation sites is 2. The molecule has 8 aromatic carbocycles. The molecule has 0 saturated carbocycles. The number of rotatable bonds is 5. The molecule has 6 heteroatoms. The predicted molar refractivity (Wildman–Crippen MR) is 234 cm³/mol. The second kappa shape index (κ2) is 12.6. The lowest BCUT2D eigenvalue weighted by Gasteiger charge is -2.09. The highest BCUT2D eigenvalue weighted by atomic mass is 32.1. The van der Waals surface area contributed by atoms with Crippen LogP contribution >= 0.6 is 11.3 Å². The maximum Gasteiger partial charge on any atom is 0.165 e. The van der Waals surface area contributed by atoms with Crippen LogP contribution in [0.3, 0.4) is 0 Å². The SMILES string of the molecule is [2H]c1c([2H])c([2H])c2c(oc3c([2H])c([2H])c(-c4cc(-c5ccc6c(c5)sc5c(-c7nc(-c8ccccc8)nc(-c8ccccc8)n7)cccc56)c5oc6ccccc6c5c4)c([2H])c32)c1[2H]. The van der Waals surface area contributed by atoms with Crippen LogP contribution in [-0.2, 0) is 0 Å². The molecule has 0 fully saturated rings. The van der Waals surface area contributed by atoms with E-state index in [2.05, 4.69) is 18.2 Å². The van der Waals surface area contributed by atoms with E-state index in [1.807, 2.05) is 115 Å². The van der Waals surface area contributed by atoms with Gasteiger partial charge in [0.1, 0.15) is 22.3 Å². The lowest BCUT2D eigenvalue weighted by Crippen LogP contribution is -2.00. The first-order valence-corrected chi connectivity index (χ1v) is 19.2. The first-order valence-electron chi connectivity index (χ1n) is 21.9. The Balaban J connectivity index is 1.07. The number of furan rings is 2. The van der Waals surface area contributed by atoms with E-state index in [-0.39, 0.29) is 51.7 Å². The van der Waals surface area contributed by atoms with Gasteiger partial charge in [-0.3, -0.25) is 0 Å². The molecule has 0 aliphatic heterocycles. The fourth-order valence-electron chi connectivity index (χ4n) is 7.70. The third-order valence-electron chi connectivity index (χ3n) is 10.4. The number of nitrogens with zero attached hydrogens (tertiary/aromatic N) is 3. The van der Waals surface area contributed by atoms with Gasteiger partial charge in [-0.25, -0.2) is 15.0 Å². The molecule has 0 spiro atoms. The van der Waals surface area contributed by atoms with Gasteiger partial charge in [-0.05, 0) is 65.1 Å². The molecular weight excluding hydrogens is 719 g/mol. The first-order chi connectivity index (χ1) is 31.1. The summed E-state index contributed by atoms with van der Waals surface area (Å²) in [5, 5.41) is 3.76. The van der Waals surface area contributed by atoms with E-state index in [0.29, 0.717) is 39.8 Å². The van der Waals surface area contributed by atoms with Gasteiger partial charge in [-0.1, -0.05) is 127 Å². The monoisotopic (exact) mass is 754 g/mol. The molecular formula is C51H29N3O2S. The van der Waals surface area contributed by atoms with Gasteiger partial charge in [-0.2, -0.15) is 0 Å². The Morgan fingerprint density at radius 1 is 0.421 bits per heavy atom. The Morgan fingerprint density at radius 2 is 1.14 bits per heavy atom. The fraction of sp³-hybridized carbons (Fsp3) is 0. The van der Waals surface area contributed by atoms with Crippen molar-refractivity contribution < 1.29 is 18.4 Å². The summed E-state index contributed by atoms with van der Waals surface area (Å²) in [7, 11) is 0. The smallest absolute Gasteiger partial charge is 0.165 e. The van der Waals surface area contributed by atoms with Crippen molar-refractivity contribution in [1.29, 1.82) is 0 Å². The van der Waals surface area contributed by atoms with Gasteiger partial charge in [0.25, 0.3) is 0 Å². The molecule has 0 amide bonds. The van der Waals surface area contributed by atoms with Gasteiger partial charge in [0.15, 0.2) is 17.5 Å². The third kappa shape index (κ3) is 5.19. The topological polar surface area (TPSA) is 65.0 Å². The molecule has 0 aliphatic carbocycles. The van der Waals surface area contributed by atoms with Crippen LogP contribution in [0.15, 0.2) is 185 Å². The van der Waals surface area contributed by atoms with Crippen molar-refractivity contribution >= 4 is 75.4 Å². The van der Waals surface area contributed by atoms with E-state index in [1.165, 1.54) is 0 Å². The molecule has 5 nitrogen and oxygen atoms in total. The van der Waals surface area contributed by atoms with Crippen LogP contribution in [0.1, 0.15) is 9.60 Å². The Hall–Kier alpha value is -7.41. The minimum absolute atomic E-state index is 0.00939. The van der Waals surface area contributed by atoms with E-state index < -0.39 is 18.1 Å². The van der Waals surface area contributed by atoms with Gasteiger partial charge in [-0.15, -0.1) is 11.3 Å². The quantitative estimate of drug-likeness (QED) is 0.175. The molecule has 0 atom stereocenters. The molecule has 4 aromatic heterocycles. The van der Waals surface area contributed by atoms with Gasteiger partial charge >= 0.3 is 0 Å². The van der Waals surface area contributed by atoms with Crippen molar-refractivity contribution in [2.45, 2.75) is 0 Å². The standard InChI is InChI=1S/C51H29N3O2S/c1-3-12-30(13-4-1)49-52-50(31-14-5-2-6-15-31)54-51(53-49)39-19-11-18-38-37-24-22-33(29-46(37)57-48(38)39)40-27-34(28-42-36-17-8-10-21-44(36)56-47(40)42)32-23-25-45-41(26-32)35-16-7-9-20-43(35)55-45/h1-29H/i7D,9D,16D,20D,23D,25D,26D. The average molecular weight is 755 g/mol. The highest BCUT2D eigenvalue weighted by molar-refractivity contribution is 7.26. The zero-order chi connectivity index (χ0) is 43.5. The van der Waals surface area contributed by atoms with Crippen molar-refractivity contribution in [2.75, 3.05) is 0 Å². The lowest BCUT2D eigenvalue weighted by atomic mass is 9.94. The Kier molecular flexibility index (Phi) is 5.65. The van der Waals surface area contributed by atoms with Gasteiger partial charge in [0.05, 0.1) is 9.60 Å². The summed E-state index contributed by atoms with van der Waals surface area (Å²) in [6, 6.07) is 41.2. The molecule has 0 unspecified atom stereocenters. The summed E-state index contributed by atoms with van der Waals surface area (Å²) in [6.07, 6.45) is 0. The summed E-state index contributed by atoms with van der Waals surface area (Å²) in [6.45, 7) is 0. The van der Waals surface area contributed by atoms with Gasteiger partial charge in [0.2, 0.25) is 0 Å². The van der Waals surface area contributed by atoms with Crippen LogP contribution in [-0.4, -0.2) is 15.0 Å². The van der Waals surface area contributed by atoms with Crippen molar-refractivity contribution in [3.05, 3.63) is 176 Å². The van der Waals surface area contributed by atoms with Crippen LogP contribution in [0.25, 0.3) is 120 Å². The van der Waals surface area contributed by atoms with Crippen molar-refractivity contribution in [3.63, 3.8) is 0 Å². The van der Waals surface area contributed by atoms with E-state index in [9.17, 15) is 2.74 Å². The molecule has 0 N–H and O–H groups in total. The molecule has 57 heavy (non-hydrogen) atoms. The van der Waals surface area contributed by atoms with E-state index in [0.717, 1.165) is 53.2 Å². The first kappa shape index (κ1) is 25.6. The summed E-state index contributed by atoms with van der Waals surface area (Å²) in [4.78, 5) is 15.0. The highest BCUT2D eigenvalue weighted by Gasteiger charge is 2.20. The number of thiophene rings is 1. The summed E-state index contributed by atoms with van der Waals surface area (Å²) >= 11 is 1.63. The van der Waals surface area contributed by atoms with E-state index >= 15 is 0 Å². The van der Waals surface area contributed by atoms with E-state index in [4.69, 9.17) is 30.6 Å². The minimum atomic E-state index is -0.477. The largest absolute Gasteiger partial charge is 0.456 e. The molecule has 266 valence electrons. The summed E-state index contributed by atoms with van der Waals surface area (Å²) in [5.74, 6) is 1.72. The zero-order valence-corrected chi connectivity index (χ0v) is 30.6. The molecule has 12 aromatic rings. The van der Waals surface area contributed by atoms with Crippen LogP contribution in [0.5, 0.6) is 0 Å². The Bertz CT molecular complexity index is 3880. The van der Waals surface area contributed by atoms with Gasteiger partial charge < -0.3 is 8.83 Å². The number of hydrogen-bond acceptors (Lipinski definition) is 6. The van der Waals surface area contributed by atoms with Crippen LogP contribution < -0.4 is 0 Å². The van der Waals surface area contributed by atoms with Crippen molar-refractivity contribution in [3.8, 4) is 56.4 Å². The number of hydrogen-bond donors (Lipinski definition) is 0. The molecule has 4 heterocycles. The lowest BCUT2D eigenvalue weighted by molar-refractivity contribution is 0.669. The number of fused-ring (bicyclic) bond motifs is 9. The number of benzene rings is 8. The third-order valence-corrected chi connectivity index (χ3v) is 11.6. The Labute approximate surface area is 340 Å². The molecule has 0 aliphatic rings. The highest BCUT2D eigenvalue weighted by Crippen LogP contribution is 2.44.